The predicted molar refractivity (Wildman–Crippen MR) is 61.5 cm³/mol. The fourth-order valence-electron chi connectivity index (χ4n) is 1.98. The topological polar surface area (TPSA) is 42.4 Å². The van der Waals surface area contributed by atoms with Gasteiger partial charge in [0.15, 0.2) is 0 Å². The highest BCUT2D eigenvalue weighted by Gasteiger charge is 2.29. The van der Waals surface area contributed by atoms with Gasteiger partial charge in [0.2, 0.25) is 0 Å². The molecule has 2 unspecified atom stereocenters. The van der Waals surface area contributed by atoms with Crippen molar-refractivity contribution in [2.75, 3.05) is 0 Å². The minimum Gasteiger partial charge on any atom is -0.483 e. The van der Waals surface area contributed by atoms with Crippen molar-refractivity contribution < 1.29 is 14.2 Å². The van der Waals surface area contributed by atoms with Crippen molar-refractivity contribution >= 4 is 11.3 Å². The summed E-state index contributed by atoms with van der Waals surface area (Å²) in [6, 6.07) is 4.19. The van der Waals surface area contributed by atoms with Crippen LogP contribution in [0.15, 0.2) is 29.1 Å². The van der Waals surface area contributed by atoms with Gasteiger partial charge in [0.05, 0.1) is 17.3 Å². The quantitative estimate of drug-likeness (QED) is 0.847. The lowest BCUT2D eigenvalue weighted by Gasteiger charge is -2.28. The summed E-state index contributed by atoms with van der Waals surface area (Å²) in [7, 11) is 0. The van der Waals surface area contributed by atoms with E-state index in [-0.39, 0.29) is 11.9 Å². The fourth-order valence-corrected chi connectivity index (χ4v) is 2.57. The Morgan fingerprint density at radius 3 is 3.12 bits per heavy atom. The summed E-state index contributed by atoms with van der Waals surface area (Å²) in [5.74, 6) is 0.0385. The third-order valence-electron chi connectivity index (χ3n) is 2.82. The molecule has 0 radical (unpaired) electrons. The molecule has 2 atom stereocenters. The van der Waals surface area contributed by atoms with Crippen LogP contribution in [-0.4, -0.2) is 10.1 Å². The zero-order valence-electron chi connectivity index (χ0n) is 8.84. The zero-order valence-corrected chi connectivity index (χ0v) is 9.65. The van der Waals surface area contributed by atoms with Crippen LogP contribution in [0.3, 0.4) is 0 Å². The highest BCUT2D eigenvalue weighted by Crippen LogP contribution is 2.40. The minimum absolute atomic E-state index is 0.300. The molecular formula is C12H10FNO2S. The third kappa shape index (κ3) is 1.92. The van der Waals surface area contributed by atoms with Crippen molar-refractivity contribution in [2.24, 2.45) is 0 Å². The van der Waals surface area contributed by atoms with E-state index in [2.05, 4.69) is 4.98 Å². The van der Waals surface area contributed by atoms with Crippen LogP contribution >= 0.6 is 11.3 Å². The number of aromatic nitrogens is 1. The van der Waals surface area contributed by atoms with Gasteiger partial charge < -0.3 is 9.84 Å². The maximum atomic E-state index is 13.1. The smallest absolute Gasteiger partial charge is 0.144 e. The van der Waals surface area contributed by atoms with E-state index in [0.29, 0.717) is 17.7 Å². The Bertz CT molecular complexity index is 529. The van der Waals surface area contributed by atoms with Gasteiger partial charge >= 0.3 is 0 Å². The Morgan fingerprint density at radius 2 is 2.35 bits per heavy atom. The number of benzene rings is 1. The summed E-state index contributed by atoms with van der Waals surface area (Å²) in [4.78, 5) is 4.16. The molecule has 0 spiro atoms. The lowest BCUT2D eigenvalue weighted by atomic mass is 9.98. The number of rotatable bonds is 1. The molecule has 5 heteroatoms. The number of thiazole rings is 1. The minimum atomic E-state index is -0.633. The van der Waals surface area contributed by atoms with Gasteiger partial charge in [-0.3, -0.25) is 0 Å². The predicted octanol–water partition coefficient (Wildman–Crippen LogP) is 2.84. The van der Waals surface area contributed by atoms with Crippen LogP contribution < -0.4 is 4.74 Å². The normalized spacial score (nSPS) is 22.9. The second-order valence-electron chi connectivity index (χ2n) is 3.95. The summed E-state index contributed by atoms with van der Waals surface area (Å²) in [6.07, 6.45) is -0.487. The molecule has 2 aromatic rings. The van der Waals surface area contributed by atoms with E-state index >= 15 is 0 Å². The van der Waals surface area contributed by atoms with E-state index in [0.717, 1.165) is 5.69 Å². The highest BCUT2D eigenvalue weighted by molar-refractivity contribution is 7.07. The molecule has 0 aliphatic carbocycles. The summed E-state index contributed by atoms with van der Waals surface area (Å²) in [5, 5.41) is 11.9. The molecule has 0 saturated heterocycles. The fraction of sp³-hybridized carbons (Fsp3) is 0.250. The lowest BCUT2D eigenvalue weighted by molar-refractivity contribution is 0.0636. The van der Waals surface area contributed by atoms with Gasteiger partial charge in [-0.2, -0.15) is 0 Å². The van der Waals surface area contributed by atoms with E-state index in [1.165, 1.54) is 23.5 Å². The van der Waals surface area contributed by atoms with E-state index in [1.54, 1.807) is 11.6 Å². The number of nitrogens with zero attached hydrogens (tertiary/aromatic N) is 1. The molecule has 1 aromatic heterocycles. The van der Waals surface area contributed by atoms with Gasteiger partial charge in [-0.1, -0.05) is 0 Å². The molecule has 0 fully saturated rings. The second kappa shape index (κ2) is 4.09. The first-order valence-electron chi connectivity index (χ1n) is 5.26. The number of aliphatic hydroxyl groups is 1. The van der Waals surface area contributed by atoms with E-state index in [9.17, 15) is 9.50 Å². The summed E-state index contributed by atoms with van der Waals surface area (Å²) >= 11 is 1.47. The van der Waals surface area contributed by atoms with Crippen molar-refractivity contribution in [3.8, 4) is 5.75 Å². The first-order chi connectivity index (χ1) is 8.24. The average Bonchev–Trinajstić information content (AvgIpc) is 2.81. The molecule has 3 nitrogen and oxygen atoms in total. The Morgan fingerprint density at radius 1 is 1.47 bits per heavy atom. The van der Waals surface area contributed by atoms with Crippen molar-refractivity contribution in [2.45, 2.75) is 18.6 Å². The Balaban J connectivity index is 1.97. The number of fused-ring (bicyclic) bond motifs is 1. The van der Waals surface area contributed by atoms with Crippen LogP contribution in [0.1, 0.15) is 29.9 Å². The van der Waals surface area contributed by atoms with Crippen molar-refractivity contribution in [1.82, 2.24) is 4.98 Å². The SMILES string of the molecule is OC1CC(c2cscn2)Oc2cc(F)ccc21. The number of halogens is 1. The summed E-state index contributed by atoms with van der Waals surface area (Å²) < 4.78 is 18.8. The van der Waals surface area contributed by atoms with E-state index in [1.807, 2.05) is 5.38 Å². The molecule has 0 amide bonds. The van der Waals surface area contributed by atoms with Crippen LogP contribution in [0.4, 0.5) is 4.39 Å². The van der Waals surface area contributed by atoms with Crippen LogP contribution in [0.5, 0.6) is 5.75 Å². The first-order valence-corrected chi connectivity index (χ1v) is 6.20. The van der Waals surface area contributed by atoms with Crippen LogP contribution in [0.2, 0.25) is 0 Å². The number of aliphatic hydroxyl groups excluding tert-OH is 1. The van der Waals surface area contributed by atoms with Gasteiger partial charge in [0.1, 0.15) is 17.7 Å². The molecule has 0 saturated carbocycles. The molecule has 3 rings (SSSR count). The molecule has 2 heterocycles. The van der Waals surface area contributed by atoms with Gasteiger partial charge in [0.25, 0.3) is 0 Å². The van der Waals surface area contributed by atoms with Crippen LogP contribution in [0.25, 0.3) is 0 Å². The standard InChI is InChI=1S/C12H10FNO2S/c13-7-1-2-8-10(15)4-12(16-11(8)3-7)9-5-17-6-14-9/h1-3,5-6,10,12,15H,4H2. The molecular weight excluding hydrogens is 241 g/mol. The van der Waals surface area contributed by atoms with Crippen LogP contribution in [-0.2, 0) is 0 Å². The van der Waals surface area contributed by atoms with Gasteiger partial charge in [-0.25, -0.2) is 9.37 Å². The molecule has 88 valence electrons. The van der Waals surface area contributed by atoms with Crippen molar-refractivity contribution in [3.63, 3.8) is 0 Å². The maximum absolute atomic E-state index is 13.1. The Labute approximate surface area is 102 Å². The van der Waals surface area contributed by atoms with Gasteiger partial charge in [-0.15, -0.1) is 11.3 Å². The zero-order chi connectivity index (χ0) is 11.8. The number of hydrogen-bond acceptors (Lipinski definition) is 4. The Hall–Kier alpha value is -1.46. The number of hydrogen-bond donors (Lipinski definition) is 1. The maximum Gasteiger partial charge on any atom is 0.144 e. The van der Waals surface area contributed by atoms with E-state index in [4.69, 9.17) is 4.74 Å². The van der Waals surface area contributed by atoms with Crippen molar-refractivity contribution in [1.29, 1.82) is 0 Å². The van der Waals surface area contributed by atoms with Gasteiger partial charge in [0, 0.05) is 23.4 Å². The molecule has 1 aromatic carbocycles. The lowest BCUT2D eigenvalue weighted by Crippen LogP contribution is -2.19. The molecule has 0 bridgehead atoms. The first kappa shape index (κ1) is 10.7. The summed E-state index contributed by atoms with van der Waals surface area (Å²) in [6.45, 7) is 0. The average molecular weight is 251 g/mol. The molecule has 1 N–H and O–H groups in total. The largest absolute Gasteiger partial charge is 0.483 e. The molecule has 17 heavy (non-hydrogen) atoms. The van der Waals surface area contributed by atoms with Crippen LogP contribution in [0, 0.1) is 5.82 Å². The third-order valence-corrected chi connectivity index (χ3v) is 3.43. The Kier molecular flexibility index (Phi) is 2.57. The van der Waals surface area contributed by atoms with Crippen molar-refractivity contribution in [3.05, 3.63) is 46.2 Å². The molecule has 1 aliphatic heterocycles. The second-order valence-corrected chi connectivity index (χ2v) is 4.67. The number of ether oxygens (including phenoxy) is 1. The monoisotopic (exact) mass is 251 g/mol. The van der Waals surface area contributed by atoms with E-state index < -0.39 is 6.10 Å². The van der Waals surface area contributed by atoms with Gasteiger partial charge in [-0.05, 0) is 12.1 Å². The summed E-state index contributed by atoms with van der Waals surface area (Å²) in [5.41, 5.74) is 3.13. The molecule has 1 aliphatic rings. The highest BCUT2D eigenvalue weighted by atomic mass is 32.1.